The van der Waals surface area contributed by atoms with Gasteiger partial charge in [0.1, 0.15) is 10.8 Å². The van der Waals surface area contributed by atoms with Gasteiger partial charge >= 0.3 is 0 Å². The Morgan fingerprint density at radius 1 is 1.14 bits per heavy atom. The van der Waals surface area contributed by atoms with Crippen LogP contribution in [0.1, 0.15) is 0 Å². The van der Waals surface area contributed by atoms with Gasteiger partial charge in [0, 0.05) is 0 Å². The van der Waals surface area contributed by atoms with Crippen molar-refractivity contribution in [3.05, 3.63) is 41.1 Å². The monoisotopic (exact) mass is 210 g/mol. The maximum absolute atomic E-state index is 10.5. The quantitative estimate of drug-likeness (QED) is 0.433. The first-order valence-electron chi connectivity index (χ1n) is 3.81. The first-order chi connectivity index (χ1) is 6.77. The Balaban J connectivity index is 2.87. The minimum absolute atomic E-state index is 0.187. The third-order valence-corrected chi connectivity index (χ3v) is 1.69. The van der Waals surface area contributed by atoms with Crippen molar-refractivity contribution in [2.45, 2.75) is 0 Å². The SMILES string of the molecule is O=C/C(Cl)=C(\C=O)Oc1ccccc1. The Morgan fingerprint density at radius 2 is 1.79 bits per heavy atom. The fraction of sp³-hybridized carbons (Fsp3) is 0. The zero-order valence-corrected chi connectivity index (χ0v) is 7.90. The van der Waals surface area contributed by atoms with Crippen LogP contribution in [0.25, 0.3) is 0 Å². The summed E-state index contributed by atoms with van der Waals surface area (Å²) < 4.78 is 5.06. The molecule has 0 N–H and O–H groups in total. The van der Waals surface area contributed by atoms with E-state index in [1.807, 2.05) is 0 Å². The van der Waals surface area contributed by atoms with E-state index in [0.717, 1.165) is 0 Å². The van der Waals surface area contributed by atoms with Crippen LogP contribution in [0.3, 0.4) is 0 Å². The summed E-state index contributed by atoms with van der Waals surface area (Å²) >= 11 is 5.44. The number of rotatable bonds is 4. The molecular weight excluding hydrogens is 204 g/mol. The number of hydrogen-bond acceptors (Lipinski definition) is 3. The molecule has 0 spiro atoms. The van der Waals surface area contributed by atoms with Crippen LogP contribution in [0.15, 0.2) is 41.1 Å². The van der Waals surface area contributed by atoms with Crippen LogP contribution < -0.4 is 4.74 Å². The smallest absolute Gasteiger partial charge is 0.188 e. The van der Waals surface area contributed by atoms with E-state index in [0.29, 0.717) is 18.3 Å². The summed E-state index contributed by atoms with van der Waals surface area (Å²) in [5.74, 6) is 0.266. The van der Waals surface area contributed by atoms with Gasteiger partial charge in [0.05, 0.1) is 0 Å². The molecule has 0 aromatic heterocycles. The molecular formula is C10H7ClO3. The molecule has 0 amide bonds. The highest BCUT2D eigenvalue weighted by molar-refractivity contribution is 6.39. The summed E-state index contributed by atoms with van der Waals surface area (Å²) in [6.07, 6.45) is 0.748. The van der Waals surface area contributed by atoms with E-state index in [-0.39, 0.29) is 10.8 Å². The largest absolute Gasteiger partial charge is 0.452 e. The summed E-state index contributed by atoms with van der Waals surface area (Å²) in [4.78, 5) is 20.8. The molecule has 0 bridgehead atoms. The highest BCUT2D eigenvalue weighted by Crippen LogP contribution is 2.14. The predicted octanol–water partition coefficient (Wildman–Crippen LogP) is 1.91. The van der Waals surface area contributed by atoms with Crippen molar-refractivity contribution in [1.29, 1.82) is 0 Å². The van der Waals surface area contributed by atoms with Crippen molar-refractivity contribution in [3.63, 3.8) is 0 Å². The van der Waals surface area contributed by atoms with Crippen LogP contribution in [0, 0.1) is 0 Å². The van der Waals surface area contributed by atoms with Crippen LogP contribution in [-0.2, 0) is 9.59 Å². The number of para-hydroxylation sites is 1. The van der Waals surface area contributed by atoms with Crippen molar-refractivity contribution >= 4 is 24.2 Å². The first kappa shape index (κ1) is 10.5. The molecule has 1 aromatic carbocycles. The van der Waals surface area contributed by atoms with E-state index >= 15 is 0 Å². The number of ether oxygens (including phenoxy) is 1. The van der Waals surface area contributed by atoms with Crippen LogP contribution in [0.4, 0.5) is 0 Å². The van der Waals surface area contributed by atoms with Crippen molar-refractivity contribution in [3.8, 4) is 5.75 Å². The molecule has 0 aliphatic carbocycles. The first-order valence-corrected chi connectivity index (χ1v) is 4.18. The number of halogens is 1. The summed E-state index contributed by atoms with van der Waals surface area (Å²) in [5.41, 5.74) is 0. The summed E-state index contributed by atoms with van der Waals surface area (Å²) in [5, 5.41) is -0.246. The van der Waals surface area contributed by atoms with Gasteiger partial charge < -0.3 is 4.74 Å². The van der Waals surface area contributed by atoms with Crippen molar-refractivity contribution in [2.75, 3.05) is 0 Å². The standard InChI is InChI=1S/C10H7ClO3/c11-9(6-12)10(7-13)14-8-4-2-1-3-5-8/h1-7H/b10-9-. The van der Waals surface area contributed by atoms with E-state index in [9.17, 15) is 9.59 Å². The van der Waals surface area contributed by atoms with E-state index in [1.165, 1.54) is 0 Å². The third kappa shape index (κ3) is 2.71. The van der Waals surface area contributed by atoms with Crippen LogP contribution in [-0.4, -0.2) is 12.6 Å². The molecule has 1 rings (SSSR count). The Bertz CT molecular complexity index is 357. The normalized spacial score (nSPS) is 11.5. The zero-order chi connectivity index (χ0) is 10.4. The summed E-state index contributed by atoms with van der Waals surface area (Å²) in [6.45, 7) is 0. The summed E-state index contributed by atoms with van der Waals surface area (Å²) in [6, 6.07) is 8.59. The van der Waals surface area contributed by atoms with E-state index in [1.54, 1.807) is 30.3 Å². The Morgan fingerprint density at radius 3 is 2.29 bits per heavy atom. The molecule has 72 valence electrons. The lowest BCUT2D eigenvalue weighted by Crippen LogP contribution is -1.99. The molecule has 4 heteroatoms. The Hall–Kier alpha value is -1.61. The summed E-state index contributed by atoms with van der Waals surface area (Å²) in [7, 11) is 0. The Kier molecular flexibility index (Phi) is 3.88. The van der Waals surface area contributed by atoms with E-state index in [4.69, 9.17) is 16.3 Å². The van der Waals surface area contributed by atoms with Crippen molar-refractivity contribution in [1.82, 2.24) is 0 Å². The molecule has 0 aliphatic heterocycles. The molecule has 0 fully saturated rings. The van der Waals surface area contributed by atoms with E-state index < -0.39 is 0 Å². The molecule has 0 aliphatic rings. The highest BCUT2D eigenvalue weighted by Gasteiger charge is 2.04. The van der Waals surface area contributed by atoms with Gasteiger partial charge in [0.25, 0.3) is 0 Å². The molecule has 0 saturated carbocycles. The average Bonchev–Trinajstić information content (AvgIpc) is 2.26. The van der Waals surface area contributed by atoms with Gasteiger partial charge in [-0.3, -0.25) is 9.59 Å². The van der Waals surface area contributed by atoms with Gasteiger partial charge in [0.2, 0.25) is 0 Å². The predicted molar refractivity (Wildman–Crippen MR) is 52.1 cm³/mol. The van der Waals surface area contributed by atoms with Crippen molar-refractivity contribution < 1.29 is 14.3 Å². The molecule has 0 unspecified atom stereocenters. The van der Waals surface area contributed by atoms with Crippen molar-refractivity contribution in [2.24, 2.45) is 0 Å². The minimum atomic E-state index is -0.246. The molecule has 0 saturated heterocycles. The molecule has 1 aromatic rings. The van der Waals surface area contributed by atoms with Gasteiger partial charge in [-0.25, -0.2) is 0 Å². The second-order valence-corrected chi connectivity index (χ2v) is 2.77. The van der Waals surface area contributed by atoms with Gasteiger partial charge in [-0.15, -0.1) is 0 Å². The molecule has 0 radical (unpaired) electrons. The Labute approximate surface area is 85.9 Å². The molecule has 0 heterocycles. The molecule has 3 nitrogen and oxygen atoms in total. The molecule has 14 heavy (non-hydrogen) atoms. The minimum Gasteiger partial charge on any atom is -0.452 e. The number of hydrogen-bond donors (Lipinski definition) is 0. The topological polar surface area (TPSA) is 43.4 Å². The number of benzene rings is 1. The molecule has 0 atom stereocenters. The zero-order valence-electron chi connectivity index (χ0n) is 7.14. The van der Waals surface area contributed by atoms with Gasteiger partial charge in [0.15, 0.2) is 18.3 Å². The van der Waals surface area contributed by atoms with E-state index in [2.05, 4.69) is 0 Å². The number of carbonyl (C=O) groups is 2. The lowest BCUT2D eigenvalue weighted by Gasteiger charge is -2.03. The van der Waals surface area contributed by atoms with Crippen LogP contribution >= 0.6 is 11.6 Å². The lowest BCUT2D eigenvalue weighted by atomic mass is 10.3. The maximum Gasteiger partial charge on any atom is 0.188 e. The van der Waals surface area contributed by atoms with Gasteiger partial charge in [-0.2, -0.15) is 0 Å². The maximum atomic E-state index is 10.5. The fourth-order valence-electron chi connectivity index (χ4n) is 0.803. The number of allylic oxidation sites excluding steroid dienone is 2. The second-order valence-electron chi connectivity index (χ2n) is 2.36. The number of aldehydes is 2. The van der Waals surface area contributed by atoms with Crippen LogP contribution in [0.5, 0.6) is 5.75 Å². The average molecular weight is 211 g/mol. The van der Waals surface area contributed by atoms with Gasteiger partial charge in [-0.1, -0.05) is 29.8 Å². The fourth-order valence-corrected chi connectivity index (χ4v) is 0.886. The highest BCUT2D eigenvalue weighted by atomic mass is 35.5. The lowest BCUT2D eigenvalue weighted by molar-refractivity contribution is -0.108. The third-order valence-electron chi connectivity index (χ3n) is 1.42. The van der Waals surface area contributed by atoms with Gasteiger partial charge in [-0.05, 0) is 12.1 Å². The second kappa shape index (κ2) is 5.19. The number of carbonyl (C=O) groups excluding carboxylic acids is 2. The van der Waals surface area contributed by atoms with Crippen LogP contribution in [0.2, 0.25) is 0 Å².